The molecule has 1 N–H and O–H groups in total. The van der Waals surface area contributed by atoms with E-state index in [2.05, 4.69) is 37.2 Å². The van der Waals surface area contributed by atoms with Crippen LogP contribution in [0.5, 0.6) is 0 Å². The molecule has 2 saturated heterocycles. The topological polar surface area (TPSA) is 75.7 Å². The van der Waals surface area contributed by atoms with Gasteiger partial charge in [0.15, 0.2) is 0 Å². The van der Waals surface area contributed by atoms with E-state index in [1.807, 2.05) is 0 Å². The van der Waals surface area contributed by atoms with Gasteiger partial charge in [0.05, 0.1) is 23.6 Å². The highest BCUT2D eigenvalue weighted by Crippen LogP contribution is 2.44. The fraction of sp³-hybridized carbons (Fsp3) is 0.550. The van der Waals surface area contributed by atoms with Crippen LogP contribution in [0.1, 0.15) is 36.0 Å². The van der Waals surface area contributed by atoms with E-state index in [9.17, 15) is 14.4 Å². The third-order valence-electron chi connectivity index (χ3n) is 5.79. The Morgan fingerprint density at radius 2 is 1.82 bits per heavy atom. The molecule has 0 unspecified atom stereocenters. The van der Waals surface area contributed by atoms with Gasteiger partial charge in [-0.2, -0.15) is 0 Å². The maximum absolute atomic E-state index is 12.9. The van der Waals surface area contributed by atoms with E-state index in [-0.39, 0.29) is 45.3 Å². The molecule has 6 nitrogen and oxygen atoms in total. The number of amides is 3. The lowest BCUT2D eigenvalue weighted by Gasteiger charge is -2.29. The van der Waals surface area contributed by atoms with Crippen LogP contribution in [-0.4, -0.2) is 46.6 Å². The number of alkyl halides is 2. The predicted molar refractivity (Wildman–Crippen MR) is 112 cm³/mol. The monoisotopic (exact) mass is 512 g/mol. The number of carbonyl (C=O) groups excluding carboxylic acids is 3. The van der Waals surface area contributed by atoms with E-state index < -0.39 is 0 Å². The zero-order valence-electron chi connectivity index (χ0n) is 15.3. The molecule has 2 heterocycles. The van der Waals surface area contributed by atoms with Crippen molar-refractivity contribution in [2.24, 2.45) is 11.8 Å². The lowest BCUT2D eigenvalue weighted by molar-refractivity contribution is -0.122. The Hall–Kier alpha value is -1.25. The number of hydrogen-bond donors (Lipinski definition) is 1. The van der Waals surface area contributed by atoms with Crippen LogP contribution >= 0.6 is 31.9 Å². The Morgan fingerprint density at radius 1 is 1.14 bits per heavy atom. The molecular formula is C20H22Br2N2O4. The van der Waals surface area contributed by atoms with Crippen molar-refractivity contribution in [2.75, 3.05) is 18.1 Å². The third kappa shape index (κ3) is 3.78. The normalized spacial score (nSPS) is 32.5. The molecule has 5 atom stereocenters. The first kappa shape index (κ1) is 20.0. The summed E-state index contributed by atoms with van der Waals surface area (Å²) in [5.41, 5.74) is 0.897. The standard InChI is InChI=1S/C20H22Br2N2O4/c21-16-8-14-15(9-17(16)22)20(27)24(19(14)26)12-4-1-3-11(7-12)18(25)23-10-13-5-2-6-28-13/h1,3-4,7,13-17H,2,5-6,8-10H2,(H,23,25)/t13-,14-,15+,16+,17-/m0/s1. The summed E-state index contributed by atoms with van der Waals surface area (Å²) in [6, 6.07) is 6.73. The van der Waals surface area contributed by atoms with Crippen LogP contribution in [0, 0.1) is 11.8 Å². The number of nitrogens with zero attached hydrogens (tertiary/aromatic N) is 1. The molecule has 3 amide bonds. The van der Waals surface area contributed by atoms with Crippen LogP contribution in [0.15, 0.2) is 24.3 Å². The minimum absolute atomic E-state index is 0.0615. The summed E-state index contributed by atoms with van der Waals surface area (Å²) in [6.45, 7) is 1.20. The SMILES string of the molecule is O=C(NC[C@@H]1CCCO1)c1cccc(N2C(=O)[C@H]3C[C@@H](Br)[C@@H](Br)C[C@H]3C2=O)c1. The van der Waals surface area contributed by atoms with E-state index in [0.717, 1.165) is 19.4 Å². The summed E-state index contributed by atoms with van der Waals surface area (Å²) in [5, 5.41) is 2.88. The number of fused-ring (bicyclic) bond motifs is 1. The van der Waals surface area contributed by atoms with Gasteiger partial charge in [-0.05, 0) is 43.9 Å². The van der Waals surface area contributed by atoms with Gasteiger partial charge in [0.1, 0.15) is 0 Å². The summed E-state index contributed by atoms with van der Waals surface area (Å²) in [6.07, 6.45) is 3.28. The van der Waals surface area contributed by atoms with Gasteiger partial charge in [0, 0.05) is 28.4 Å². The van der Waals surface area contributed by atoms with E-state index in [0.29, 0.717) is 30.6 Å². The molecule has 150 valence electrons. The molecule has 0 radical (unpaired) electrons. The Kier molecular flexibility index (Phi) is 5.90. The van der Waals surface area contributed by atoms with Gasteiger partial charge in [0.2, 0.25) is 11.8 Å². The zero-order chi connectivity index (χ0) is 19.8. The number of nitrogens with one attached hydrogen (secondary N) is 1. The number of anilines is 1. The van der Waals surface area contributed by atoms with E-state index in [1.54, 1.807) is 24.3 Å². The average Bonchev–Trinajstić information content (AvgIpc) is 3.28. The fourth-order valence-corrected chi connectivity index (χ4v) is 5.49. The van der Waals surface area contributed by atoms with Crippen molar-refractivity contribution >= 4 is 55.3 Å². The second-order valence-corrected chi connectivity index (χ2v) is 9.98. The van der Waals surface area contributed by atoms with Crippen molar-refractivity contribution in [1.29, 1.82) is 0 Å². The summed E-state index contributed by atoms with van der Waals surface area (Å²) in [7, 11) is 0. The lowest BCUT2D eigenvalue weighted by Crippen LogP contribution is -2.34. The zero-order valence-corrected chi connectivity index (χ0v) is 18.4. The minimum Gasteiger partial charge on any atom is -0.376 e. The summed E-state index contributed by atoms with van der Waals surface area (Å²) in [4.78, 5) is 40.0. The molecule has 8 heteroatoms. The van der Waals surface area contributed by atoms with Crippen molar-refractivity contribution in [1.82, 2.24) is 5.32 Å². The van der Waals surface area contributed by atoms with Gasteiger partial charge in [-0.3, -0.25) is 19.3 Å². The predicted octanol–water partition coefficient (Wildman–Crippen LogP) is 3.02. The number of benzene rings is 1. The van der Waals surface area contributed by atoms with Crippen molar-refractivity contribution < 1.29 is 19.1 Å². The second-order valence-electron chi connectivity index (χ2n) is 7.62. The first-order chi connectivity index (χ1) is 13.5. The first-order valence-corrected chi connectivity index (χ1v) is 11.4. The largest absolute Gasteiger partial charge is 0.376 e. The van der Waals surface area contributed by atoms with Crippen molar-refractivity contribution in [2.45, 2.75) is 41.4 Å². The maximum Gasteiger partial charge on any atom is 0.251 e. The molecule has 3 aliphatic rings. The van der Waals surface area contributed by atoms with Crippen LogP contribution < -0.4 is 10.2 Å². The number of imide groups is 1. The first-order valence-electron chi connectivity index (χ1n) is 9.61. The molecule has 1 saturated carbocycles. The average molecular weight is 514 g/mol. The summed E-state index contributed by atoms with van der Waals surface area (Å²) < 4.78 is 5.52. The van der Waals surface area contributed by atoms with E-state index in [1.165, 1.54) is 4.90 Å². The number of ether oxygens (including phenoxy) is 1. The smallest absolute Gasteiger partial charge is 0.251 e. The molecule has 4 rings (SSSR count). The highest BCUT2D eigenvalue weighted by molar-refractivity contribution is 9.12. The van der Waals surface area contributed by atoms with Crippen molar-refractivity contribution in [3.8, 4) is 0 Å². The highest BCUT2D eigenvalue weighted by atomic mass is 79.9. The molecule has 28 heavy (non-hydrogen) atoms. The lowest BCUT2D eigenvalue weighted by atomic mass is 9.81. The number of halogens is 2. The molecule has 1 aliphatic carbocycles. The van der Waals surface area contributed by atoms with Gasteiger partial charge in [0.25, 0.3) is 5.91 Å². The molecule has 0 spiro atoms. The van der Waals surface area contributed by atoms with Crippen LogP contribution in [-0.2, 0) is 14.3 Å². The molecule has 1 aromatic carbocycles. The van der Waals surface area contributed by atoms with Crippen LogP contribution in [0.2, 0.25) is 0 Å². The molecule has 3 fully saturated rings. The minimum atomic E-state index is -0.303. The van der Waals surface area contributed by atoms with Crippen LogP contribution in [0.25, 0.3) is 0 Å². The quantitative estimate of drug-likeness (QED) is 0.496. The Labute approximate surface area is 180 Å². The van der Waals surface area contributed by atoms with Gasteiger partial charge in [-0.15, -0.1) is 0 Å². The number of hydrogen-bond acceptors (Lipinski definition) is 4. The van der Waals surface area contributed by atoms with E-state index >= 15 is 0 Å². The summed E-state index contributed by atoms with van der Waals surface area (Å²) >= 11 is 7.19. The Bertz CT molecular complexity index is 768. The van der Waals surface area contributed by atoms with Gasteiger partial charge in [-0.1, -0.05) is 37.9 Å². The van der Waals surface area contributed by atoms with E-state index in [4.69, 9.17) is 4.74 Å². The number of carbonyl (C=O) groups is 3. The molecular weight excluding hydrogens is 492 g/mol. The Balaban J connectivity index is 1.50. The second kappa shape index (κ2) is 8.24. The van der Waals surface area contributed by atoms with Crippen LogP contribution in [0.4, 0.5) is 5.69 Å². The Morgan fingerprint density at radius 3 is 2.43 bits per heavy atom. The van der Waals surface area contributed by atoms with Crippen LogP contribution in [0.3, 0.4) is 0 Å². The molecule has 0 bridgehead atoms. The van der Waals surface area contributed by atoms with Crippen molar-refractivity contribution in [3.63, 3.8) is 0 Å². The van der Waals surface area contributed by atoms with Gasteiger partial charge < -0.3 is 10.1 Å². The highest BCUT2D eigenvalue weighted by Gasteiger charge is 2.52. The molecule has 2 aliphatic heterocycles. The number of rotatable bonds is 4. The van der Waals surface area contributed by atoms with Gasteiger partial charge in [-0.25, -0.2) is 0 Å². The third-order valence-corrected chi connectivity index (χ3v) is 8.53. The molecule has 0 aromatic heterocycles. The fourth-order valence-electron chi connectivity index (χ4n) is 4.25. The van der Waals surface area contributed by atoms with Crippen molar-refractivity contribution in [3.05, 3.63) is 29.8 Å². The summed E-state index contributed by atoms with van der Waals surface area (Å²) in [5.74, 6) is -1.17. The van der Waals surface area contributed by atoms with Gasteiger partial charge >= 0.3 is 0 Å². The molecule has 1 aromatic rings. The maximum atomic E-state index is 12.9.